The van der Waals surface area contributed by atoms with Gasteiger partial charge in [-0.25, -0.2) is 0 Å². The van der Waals surface area contributed by atoms with E-state index in [2.05, 4.69) is 10.6 Å². The van der Waals surface area contributed by atoms with Crippen LogP contribution in [0.25, 0.3) is 0 Å². The van der Waals surface area contributed by atoms with Crippen LogP contribution in [0.5, 0.6) is 5.75 Å². The molecule has 2 heterocycles. The molecule has 0 unspecified atom stereocenters. The van der Waals surface area contributed by atoms with E-state index in [1.807, 2.05) is 20.8 Å². The Balaban J connectivity index is 1.43. The molecular weight excluding hydrogens is 488 g/mol. The van der Waals surface area contributed by atoms with Gasteiger partial charge in [0.05, 0.1) is 18.8 Å². The molecule has 1 aliphatic carbocycles. The van der Waals surface area contributed by atoms with Crippen LogP contribution < -0.4 is 15.4 Å². The Hall–Kier alpha value is -3.14. The third kappa shape index (κ3) is 7.03. The molecule has 2 N–H and O–H groups in total. The van der Waals surface area contributed by atoms with Crippen LogP contribution in [0.2, 0.25) is 0 Å². The van der Waals surface area contributed by atoms with E-state index in [0.29, 0.717) is 45.7 Å². The molecule has 0 spiro atoms. The number of morpholine rings is 1. The van der Waals surface area contributed by atoms with Crippen molar-refractivity contribution in [2.45, 2.75) is 70.5 Å². The number of amides is 4. The summed E-state index contributed by atoms with van der Waals surface area (Å²) in [7, 11) is 0. The minimum atomic E-state index is -0.785. The van der Waals surface area contributed by atoms with Crippen LogP contribution in [-0.4, -0.2) is 90.5 Å². The number of hydrogen-bond donors (Lipinski definition) is 2. The van der Waals surface area contributed by atoms with Crippen molar-refractivity contribution in [1.29, 1.82) is 0 Å². The summed E-state index contributed by atoms with van der Waals surface area (Å²) in [6, 6.07) is 5.39. The lowest BCUT2D eigenvalue weighted by molar-refractivity contribution is -0.147. The molecule has 3 aliphatic rings. The van der Waals surface area contributed by atoms with Crippen molar-refractivity contribution in [3.8, 4) is 5.75 Å². The number of carbonyl (C=O) groups is 4. The van der Waals surface area contributed by atoms with Gasteiger partial charge >= 0.3 is 0 Å². The zero-order valence-corrected chi connectivity index (χ0v) is 22.7. The normalized spacial score (nSPS) is 21.1. The first-order valence-corrected chi connectivity index (χ1v) is 13.7. The highest BCUT2D eigenvalue weighted by molar-refractivity contribution is 6.00. The highest BCUT2D eigenvalue weighted by atomic mass is 16.5. The molecule has 2 aliphatic heterocycles. The van der Waals surface area contributed by atoms with Gasteiger partial charge in [-0.2, -0.15) is 0 Å². The summed E-state index contributed by atoms with van der Waals surface area (Å²) in [5.41, 5.74) is 0.0973. The highest BCUT2D eigenvalue weighted by Gasteiger charge is 2.40. The number of likely N-dealkylation sites (tertiary alicyclic amines) is 1. The average molecular weight is 529 g/mol. The van der Waals surface area contributed by atoms with Crippen molar-refractivity contribution in [1.82, 2.24) is 20.4 Å². The monoisotopic (exact) mass is 528 g/mol. The van der Waals surface area contributed by atoms with Crippen LogP contribution in [0.3, 0.4) is 0 Å². The lowest BCUT2D eigenvalue weighted by Gasteiger charge is -2.34. The number of para-hydroxylation sites is 1. The van der Waals surface area contributed by atoms with Crippen LogP contribution in [-0.2, 0) is 19.1 Å². The van der Waals surface area contributed by atoms with Crippen LogP contribution in [0, 0.1) is 5.92 Å². The molecule has 208 valence electrons. The highest BCUT2D eigenvalue weighted by Crippen LogP contribution is 2.34. The van der Waals surface area contributed by atoms with Crippen LogP contribution in [0.1, 0.15) is 63.2 Å². The number of rotatable bonds is 10. The van der Waals surface area contributed by atoms with Gasteiger partial charge < -0.3 is 29.9 Å². The summed E-state index contributed by atoms with van der Waals surface area (Å²) in [5, 5.41) is 5.83. The molecule has 3 fully saturated rings. The lowest BCUT2D eigenvalue weighted by Crippen LogP contribution is -2.55. The van der Waals surface area contributed by atoms with Gasteiger partial charge in [-0.1, -0.05) is 26.0 Å². The largest absolute Gasteiger partial charge is 0.483 e. The predicted molar refractivity (Wildman–Crippen MR) is 141 cm³/mol. The molecule has 38 heavy (non-hydrogen) atoms. The van der Waals surface area contributed by atoms with Crippen molar-refractivity contribution >= 4 is 23.6 Å². The Morgan fingerprint density at radius 2 is 1.82 bits per heavy atom. The van der Waals surface area contributed by atoms with E-state index in [9.17, 15) is 19.2 Å². The predicted octanol–water partition coefficient (Wildman–Crippen LogP) is 1.73. The second-order valence-electron chi connectivity index (χ2n) is 11.2. The first-order chi connectivity index (χ1) is 18.2. The molecule has 4 amide bonds. The van der Waals surface area contributed by atoms with Gasteiger partial charge in [-0.05, 0) is 57.1 Å². The second kappa shape index (κ2) is 12.1. The van der Waals surface area contributed by atoms with Crippen molar-refractivity contribution < 1.29 is 28.7 Å². The molecule has 1 aromatic carbocycles. The summed E-state index contributed by atoms with van der Waals surface area (Å²) in [5.74, 6) is -0.572. The van der Waals surface area contributed by atoms with Crippen molar-refractivity contribution in [2.75, 3.05) is 39.5 Å². The zero-order valence-electron chi connectivity index (χ0n) is 22.7. The van der Waals surface area contributed by atoms with Crippen LogP contribution in [0.15, 0.2) is 24.3 Å². The first-order valence-electron chi connectivity index (χ1n) is 13.7. The third-order valence-corrected chi connectivity index (χ3v) is 7.39. The minimum Gasteiger partial charge on any atom is -0.483 e. The fraction of sp³-hybridized carbons (Fsp3) is 0.643. The van der Waals surface area contributed by atoms with Gasteiger partial charge in [0.25, 0.3) is 11.8 Å². The maximum atomic E-state index is 13.7. The Kier molecular flexibility index (Phi) is 8.91. The van der Waals surface area contributed by atoms with E-state index in [-0.39, 0.29) is 47.1 Å². The lowest BCUT2D eigenvalue weighted by atomic mass is 10.0. The summed E-state index contributed by atoms with van der Waals surface area (Å²) in [4.78, 5) is 56.0. The topological polar surface area (TPSA) is 117 Å². The van der Waals surface area contributed by atoms with Crippen molar-refractivity contribution in [2.24, 2.45) is 5.92 Å². The Labute approximate surface area is 224 Å². The Bertz CT molecular complexity index is 1030. The van der Waals surface area contributed by atoms with Gasteiger partial charge in [-0.3, -0.25) is 19.2 Å². The summed E-state index contributed by atoms with van der Waals surface area (Å²) in [6.45, 7) is 8.30. The molecule has 0 aromatic heterocycles. The van der Waals surface area contributed by atoms with Gasteiger partial charge in [-0.15, -0.1) is 0 Å². The number of nitrogens with one attached hydrogen (secondary N) is 2. The second-order valence-corrected chi connectivity index (χ2v) is 11.2. The number of ether oxygens (including phenoxy) is 2. The maximum absolute atomic E-state index is 13.7. The fourth-order valence-corrected chi connectivity index (χ4v) is 5.02. The standard InChI is InChI=1S/C28H40N4O6/c1-19(2)17-21(26(35)32-12-6-8-22(32)27(36)31-13-15-37-16-14-31)29-25(34)20-7-4-5-9-23(20)38-18-24(33)30-28(3)10-11-28/h4-5,7,9,19,21-22H,6,8,10-18H2,1-3H3,(H,29,34)(H,30,33)/t21-,22-/m1/s1. The molecule has 2 atom stereocenters. The SMILES string of the molecule is CC(C)C[C@@H](NC(=O)c1ccccc1OCC(=O)NC1(C)CC1)C(=O)N1CCC[C@@H]1C(=O)N1CCOCC1. The Morgan fingerprint density at radius 1 is 1.11 bits per heavy atom. The molecule has 10 nitrogen and oxygen atoms in total. The third-order valence-electron chi connectivity index (χ3n) is 7.39. The molecule has 1 aromatic rings. The first kappa shape index (κ1) is 27.9. The molecule has 0 bridgehead atoms. The van der Waals surface area contributed by atoms with E-state index in [4.69, 9.17) is 9.47 Å². The van der Waals surface area contributed by atoms with Crippen molar-refractivity contribution in [3.05, 3.63) is 29.8 Å². The van der Waals surface area contributed by atoms with E-state index >= 15 is 0 Å². The van der Waals surface area contributed by atoms with Gasteiger partial charge in [0.1, 0.15) is 17.8 Å². The molecule has 4 rings (SSSR count). The molecule has 2 saturated heterocycles. The molecular formula is C28H40N4O6. The van der Waals surface area contributed by atoms with E-state index < -0.39 is 18.0 Å². The average Bonchev–Trinajstić information content (AvgIpc) is 3.42. The smallest absolute Gasteiger partial charge is 0.258 e. The summed E-state index contributed by atoms with van der Waals surface area (Å²) < 4.78 is 11.1. The minimum absolute atomic E-state index is 0.0501. The van der Waals surface area contributed by atoms with Crippen LogP contribution >= 0.6 is 0 Å². The summed E-state index contributed by atoms with van der Waals surface area (Å²) in [6.07, 6.45) is 3.68. The quantitative estimate of drug-likeness (QED) is 0.478. The van der Waals surface area contributed by atoms with Crippen molar-refractivity contribution in [3.63, 3.8) is 0 Å². The summed E-state index contributed by atoms with van der Waals surface area (Å²) >= 11 is 0. The Morgan fingerprint density at radius 3 is 2.50 bits per heavy atom. The molecule has 0 radical (unpaired) electrons. The zero-order chi connectivity index (χ0) is 27.3. The van der Waals surface area contributed by atoms with E-state index in [0.717, 1.165) is 19.3 Å². The van der Waals surface area contributed by atoms with E-state index in [1.165, 1.54) is 0 Å². The number of nitrogens with zero attached hydrogens (tertiary/aromatic N) is 2. The maximum Gasteiger partial charge on any atom is 0.258 e. The van der Waals surface area contributed by atoms with Gasteiger partial charge in [0.2, 0.25) is 11.8 Å². The number of carbonyl (C=O) groups excluding carboxylic acids is 4. The van der Waals surface area contributed by atoms with Gasteiger partial charge in [0, 0.05) is 25.2 Å². The van der Waals surface area contributed by atoms with Crippen LogP contribution in [0.4, 0.5) is 0 Å². The fourth-order valence-electron chi connectivity index (χ4n) is 5.02. The molecule has 10 heteroatoms. The van der Waals surface area contributed by atoms with E-state index in [1.54, 1.807) is 34.1 Å². The number of hydrogen-bond acceptors (Lipinski definition) is 6. The molecule has 1 saturated carbocycles. The van der Waals surface area contributed by atoms with Gasteiger partial charge in [0.15, 0.2) is 6.61 Å². The number of benzene rings is 1.